The van der Waals surface area contributed by atoms with Crippen LogP contribution < -0.4 is 5.32 Å². The average molecular weight is 646 g/mol. The van der Waals surface area contributed by atoms with Crippen molar-refractivity contribution in [1.29, 1.82) is 0 Å². The number of aryl methyl sites for hydroxylation is 2. The first kappa shape index (κ1) is 35.9. The molecule has 0 aliphatic carbocycles. The number of carboxylic acids is 2. The highest BCUT2D eigenvalue weighted by Crippen LogP contribution is 2.41. The number of hydrogen-bond donors (Lipinski definition) is 3. The predicted molar refractivity (Wildman–Crippen MR) is 140 cm³/mol. The molecule has 12 nitrogen and oxygen atoms in total. The van der Waals surface area contributed by atoms with Crippen LogP contribution in [-0.2, 0) is 29.1 Å². The molecule has 2 aliphatic heterocycles. The number of halogens is 6. The van der Waals surface area contributed by atoms with Crippen molar-refractivity contribution in [2.75, 3.05) is 40.3 Å². The van der Waals surface area contributed by atoms with Gasteiger partial charge < -0.3 is 25.0 Å². The van der Waals surface area contributed by atoms with Crippen LogP contribution in [0.1, 0.15) is 46.3 Å². The summed E-state index contributed by atoms with van der Waals surface area (Å²) in [6.07, 6.45) is -5.80. The van der Waals surface area contributed by atoms with Gasteiger partial charge in [0.05, 0.1) is 11.2 Å². The molecule has 242 valence electrons. The first-order chi connectivity index (χ1) is 19.8. The lowest BCUT2D eigenvalue weighted by Gasteiger charge is -2.44. The first-order valence-corrected chi connectivity index (χ1v) is 13.8. The number of hydrogen-bond acceptors (Lipinski definition) is 9. The molecule has 3 N–H and O–H groups in total. The molecule has 0 aromatic carbocycles. The second-order valence-electron chi connectivity index (χ2n) is 10.3. The quantitative estimate of drug-likeness (QED) is 0.400. The number of alkyl halides is 6. The molecular formula is C24H33F6N7O5S. The van der Waals surface area contributed by atoms with Crippen LogP contribution in [0.15, 0.2) is 5.51 Å². The van der Waals surface area contributed by atoms with Crippen LogP contribution in [0.5, 0.6) is 0 Å². The zero-order valence-corrected chi connectivity index (χ0v) is 24.4. The molecular weight excluding hydrogens is 612 g/mol. The number of amides is 1. The Morgan fingerprint density at radius 3 is 2.05 bits per heavy atom. The predicted octanol–water partition coefficient (Wildman–Crippen LogP) is 2.83. The molecule has 1 fully saturated rings. The van der Waals surface area contributed by atoms with Crippen molar-refractivity contribution in [3.8, 4) is 0 Å². The molecule has 0 radical (unpaired) electrons. The number of rotatable bonds is 6. The third kappa shape index (κ3) is 11.0. The van der Waals surface area contributed by atoms with Crippen molar-refractivity contribution in [3.05, 3.63) is 27.7 Å². The van der Waals surface area contributed by atoms with Crippen LogP contribution in [0, 0.1) is 12.3 Å². The van der Waals surface area contributed by atoms with Crippen LogP contribution in [0.3, 0.4) is 0 Å². The smallest absolute Gasteiger partial charge is 0.475 e. The summed E-state index contributed by atoms with van der Waals surface area (Å²) >= 11 is 1.75. The van der Waals surface area contributed by atoms with Crippen molar-refractivity contribution < 1.29 is 50.9 Å². The molecule has 0 atom stereocenters. The Labute approximate surface area is 246 Å². The van der Waals surface area contributed by atoms with Gasteiger partial charge in [0.2, 0.25) is 5.82 Å². The molecule has 0 saturated carbocycles. The Bertz CT molecular complexity index is 1220. The fourth-order valence-corrected chi connectivity index (χ4v) is 5.21. The number of fused-ring (bicyclic) bond motifs is 1. The van der Waals surface area contributed by atoms with Gasteiger partial charge in [0, 0.05) is 37.5 Å². The normalized spacial score (nSPS) is 16.4. The third-order valence-electron chi connectivity index (χ3n) is 6.86. The van der Waals surface area contributed by atoms with Gasteiger partial charge in [0.1, 0.15) is 5.82 Å². The number of likely N-dealkylation sites (tertiary alicyclic amines) is 1. The molecule has 2 aromatic rings. The Kier molecular flexibility index (Phi) is 12.4. The van der Waals surface area contributed by atoms with Crippen molar-refractivity contribution >= 4 is 29.2 Å². The van der Waals surface area contributed by atoms with E-state index in [4.69, 9.17) is 19.8 Å². The van der Waals surface area contributed by atoms with Crippen LogP contribution >= 0.6 is 11.3 Å². The zero-order valence-electron chi connectivity index (χ0n) is 23.6. The van der Waals surface area contributed by atoms with Gasteiger partial charge >= 0.3 is 24.3 Å². The lowest BCUT2D eigenvalue weighted by molar-refractivity contribution is -0.193. The number of carboxylic acid groups (broad SMARTS) is 2. The maximum absolute atomic E-state index is 12.6. The van der Waals surface area contributed by atoms with E-state index in [-0.39, 0.29) is 11.3 Å². The van der Waals surface area contributed by atoms with Crippen molar-refractivity contribution in [3.63, 3.8) is 0 Å². The Morgan fingerprint density at radius 2 is 1.58 bits per heavy atom. The molecule has 0 bridgehead atoms. The molecule has 2 aliphatic rings. The number of nitrogens with zero attached hydrogens (tertiary/aromatic N) is 6. The van der Waals surface area contributed by atoms with E-state index in [0.29, 0.717) is 12.4 Å². The summed E-state index contributed by atoms with van der Waals surface area (Å²) in [6, 6.07) is 0. The maximum Gasteiger partial charge on any atom is 0.490 e. The summed E-state index contributed by atoms with van der Waals surface area (Å²) in [6.45, 7) is 7.58. The number of thiazole rings is 1. The number of nitrogens with one attached hydrogen (secondary N) is 1. The summed E-state index contributed by atoms with van der Waals surface area (Å²) in [5.41, 5.74) is 3.36. The van der Waals surface area contributed by atoms with E-state index in [1.54, 1.807) is 11.3 Å². The lowest BCUT2D eigenvalue weighted by Crippen LogP contribution is -2.45. The van der Waals surface area contributed by atoms with E-state index in [2.05, 4.69) is 41.8 Å². The van der Waals surface area contributed by atoms with E-state index in [1.165, 1.54) is 4.88 Å². The number of likely N-dealkylation sites (N-methyl/N-ethyl adjacent to an activating group) is 1. The van der Waals surface area contributed by atoms with Gasteiger partial charge in [-0.2, -0.15) is 26.3 Å². The summed E-state index contributed by atoms with van der Waals surface area (Å²) in [5, 5.41) is 25.7. The van der Waals surface area contributed by atoms with Crippen LogP contribution in [0.2, 0.25) is 0 Å². The van der Waals surface area contributed by atoms with Crippen molar-refractivity contribution in [1.82, 2.24) is 34.9 Å². The molecule has 0 unspecified atom stereocenters. The fourth-order valence-electron chi connectivity index (χ4n) is 4.39. The van der Waals surface area contributed by atoms with E-state index < -0.39 is 24.3 Å². The van der Waals surface area contributed by atoms with Gasteiger partial charge in [0.15, 0.2) is 0 Å². The van der Waals surface area contributed by atoms with Crippen LogP contribution in [0.4, 0.5) is 26.3 Å². The largest absolute Gasteiger partial charge is 0.490 e. The maximum atomic E-state index is 12.6. The Morgan fingerprint density at radius 1 is 1.02 bits per heavy atom. The SMILES string of the molecule is Cc1ncsc1CN1CCC2(CCc3nnc(C(=O)NCCN(C)C)n3C2)CC1.O=C(O)C(F)(F)F.O=C(O)C(F)(F)F. The molecule has 4 rings (SSSR count). The Hall–Kier alpha value is -3.32. The van der Waals surface area contributed by atoms with E-state index in [9.17, 15) is 31.1 Å². The zero-order chi connectivity index (χ0) is 32.6. The minimum absolute atomic E-state index is 0.110. The first-order valence-electron chi connectivity index (χ1n) is 12.9. The van der Waals surface area contributed by atoms with Gasteiger partial charge in [0.25, 0.3) is 5.91 Å². The molecule has 19 heteroatoms. The van der Waals surface area contributed by atoms with Gasteiger partial charge in [-0.3, -0.25) is 9.69 Å². The summed E-state index contributed by atoms with van der Waals surface area (Å²) in [5.74, 6) is -4.20. The highest BCUT2D eigenvalue weighted by molar-refractivity contribution is 7.09. The number of aromatic nitrogens is 4. The molecule has 4 heterocycles. The van der Waals surface area contributed by atoms with Crippen molar-refractivity contribution in [2.45, 2.75) is 58.0 Å². The number of piperidine rings is 1. The van der Waals surface area contributed by atoms with Gasteiger partial charge in [-0.1, -0.05) is 0 Å². The molecule has 1 spiro atoms. The second kappa shape index (κ2) is 14.9. The number of carbonyl (C=O) groups excluding carboxylic acids is 1. The third-order valence-corrected chi connectivity index (χ3v) is 7.78. The van der Waals surface area contributed by atoms with Crippen LogP contribution in [-0.4, -0.2) is 110 Å². The van der Waals surface area contributed by atoms with E-state index in [1.807, 2.05) is 19.6 Å². The fraction of sp³-hybridized carbons (Fsp3) is 0.667. The topological polar surface area (TPSA) is 154 Å². The summed E-state index contributed by atoms with van der Waals surface area (Å²) < 4.78 is 65.6. The average Bonchev–Trinajstić information content (AvgIpc) is 3.50. The number of aliphatic carboxylic acids is 2. The molecule has 1 amide bonds. The Balaban J connectivity index is 0.000000384. The van der Waals surface area contributed by atoms with E-state index >= 15 is 0 Å². The van der Waals surface area contributed by atoms with Gasteiger partial charge in [-0.25, -0.2) is 14.6 Å². The lowest BCUT2D eigenvalue weighted by atomic mass is 9.73. The highest BCUT2D eigenvalue weighted by Gasteiger charge is 2.40. The minimum Gasteiger partial charge on any atom is -0.475 e. The summed E-state index contributed by atoms with van der Waals surface area (Å²) in [4.78, 5) is 40.8. The van der Waals surface area contributed by atoms with Crippen LogP contribution in [0.25, 0.3) is 0 Å². The molecule has 1 saturated heterocycles. The van der Waals surface area contributed by atoms with Crippen molar-refractivity contribution in [2.24, 2.45) is 5.41 Å². The second-order valence-corrected chi connectivity index (χ2v) is 11.3. The van der Waals surface area contributed by atoms with E-state index in [0.717, 1.165) is 69.9 Å². The monoisotopic (exact) mass is 645 g/mol. The minimum atomic E-state index is -5.08. The molecule has 43 heavy (non-hydrogen) atoms. The van der Waals surface area contributed by atoms with Gasteiger partial charge in [-0.15, -0.1) is 21.5 Å². The number of carbonyl (C=O) groups is 3. The highest BCUT2D eigenvalue weighted by atomic mass is 32.1. The van der Waals surface area contributed by atoms with Gasteiger partial charge in [-0.05, 0) is 58.8 Å². The molecule has 2 aromatic heterocycles. The standard InChI is InChI=1S/C20H31N7OS.2C2HF3O2/c1-15-16(29-14-22-15)12-26-9-6-20(7-10-26)5-4-17-23-24-18(27(17)13-20)19(28)21-8-11-25(2)3;2*3-2(4,5)1(6)7/h14H,4-13H2,1-3H3,(H,21,28);2*(H,6,7). The summed E-state index contributed by atoms with van der Waals surface area (Å²) in [7, 11) is 4.00.